The van der Waals surface area contributed by atoms with Crippen LogP contribution in [-0.4, -0.2) is 48.7 Å². The zero-order valence-electron chi connectivity index (χ0n) is 14.8. The number of guanidine groups is 1. The largest absolute Gasteiger partial charge is 0.444 e. The molecule has 3 N–H and O–H groups in total. The van der Waals surface area contributed by atoms with E-state index >= 15 is 0 Å². The standard InChI is InChI=1S/C17H32N4O2/c1-17(2,3)23-16(22)21-9-7-14(8-10-21)12-20-15(18)19-11-13-5-4-6-13/h13-14H,4-12H2,1-3H3,(H3,18,19,20). The molecule has 0 aromatic rings. The molecule has 1 heterocycles. The highest BCUT2D eigenvalue weighted by Gasteiger charge is 2.26. The highest BCUT2D eigenvalue weighted by Crippen LogP contribution is 2.26. The van der Waals surface area contributed by atoms with Crippen molar-refractivity contribution in [2.45, 2.75) is 58.5 Å². The quantitative estimate of drug-likeness (QED) is 0.614. The molecule has 0 bridgehead atoms. The van der Waals surface area contributed by atoms with Gasteiger partial charge >= 0.3 is 6.09 Å². The van der Waals surface area contributed by atoms with Crippen LogP contribution < -0.4 is 11.1 Å². The number of rotatable bonds is 4. The Hall–Kier alpha value is -1.46. The lowest BCUT2D eigenvalue weighted by Gasteiger charge is -2.33. The lowest BCUT2D eigenvalue weighted by atomic mass is 9.86. The Balaban J connectivity index is 1.63. The fourth-order valence-corrected chi connectivity index (χ4v) is 2.85. The maximum atomic E-state index is 12.0. The highest BCUT2D eigenvalue weighted by molar-refractivity contribution is 5.77. The SMILES string of the molecule is CC(C)(C)OC(=O)N1CCC(CNC(N)=NCC2CCC2)CC1. The van der Waals surface area contributed by atoms with Crippen LogP contribution in [-0.2, 0) is 4.74 Å². The van der Waals surface area contributed by atoms with Gasteiger partial charge in [0.2, 0.25) is 0 Å². The van der Waals surface area contributed by atoms with Crippen LogP contribution in [0, 0.1) is 11.8 Å². The summed E-state index contributed by atoms with van der Waals surface area (Å²) in [5, 5.41) is 3.23. The van der Waals surface area contributed by atoms with Crippen molar-refractivity contribution < 1.29 is 9.53 Å². The second kappa shape index (κ2) is 7.88. The van der Waals surface area contributed by atoms with E-state index in [0.29, 0.717) is 11.9 Å². The molecule has 6 nitrogen and oxygen atoms in total. The summed E-state index contributed by atoms with van der Waals surface area (Å²) in [7, 11) is 0. The summed E-state index contributed by atoms with van der Waals surface area (Å²) in [6.07, 6.45) is 5.67. The van der Waals surface area contributed by atoms with E-state index in [1.165, 1.54) is 19.3 Å². The van der Waals surface area contributed by atoms with Crippen LogP contribution in [0.1, 0.15) is 52.9 Å². The Morgan fingerprint density at radius 3 is 2.39 bits per heavy atom. The van der Waals surface area contributed by atoms with Crippen molar-refractivity contribution in [1.29, 1.82) is 0 Å². The van der Waals surface area contributed by atoms with Crippen LogP contribution >= 0.6 is 0 Å². The van der Waals surface area contributed by atoms with E-state index in [4.69, 9.17) is 10.5 Å². The molecule has 2 fully saturated rings. The Kier molecular flexibility index (Phi) is 6.13. The van der Waals surface area contributed by atoms with E-state index in [0.717, 1.165) is 44.9 Å². The number of likely N-dealkylation sites (tertiary alicyclic amines) is 1. The maximum absolute atomic E-state index is 12.0. The first-order valence-corrected chi connectivity index (χ1v) is 8.85. The van der Waals surface area contributed by atoms with Gasteiger partial charge in [-0.2, -0.15) is 0 Å². The predicted octanol–water partition coefficient (Wildman–Crippen LogP) is 2.34. The predicted molar refractivity (Wildman–Crippen MR) is 92.4 cm³/mol. The number of hydrogen-bond donors (Lipinski definition) is 2. The van der Waals surface area contributed by atoms with Gasteiger partial charge in [0.15, 0.2) is 5.96 Å². The molecule has 1 aliphatic carbocycles. The normalized spacial score (nSPS) is 21.0. The Labute approximate surface area is 139 Å². The van der Waals surface area contributed by atoms with Gasteiger partial charge in [0.25, 0.3) is 0 Å². The van der Waals surface area contributed by atoms with Crippen LogP contribution in [0.2, 0.25) is 0 Å². The van der Waals surface area contributed by atoms with E-state index in [-0.39, 0.29) is 6.09 Å². The highest BCUT2D eigenvalue weighted by atomic mass is 16.6. The molecule has 1 amide bonds. The minimum absolute atomic E-state index is 0.203. The first-order chi connectivity index (χ1) is 10.8. The topological polar surface area (TPSA) is 80.0 Å². The maximum Gasteiger partial charge on any atom is 0.410 e. The number of nitrogens with one attached hydrogen (secondary N) is 1. The molecule has 0 atom stereocenters. The Bertz CT molecular complexity index is 419. The molecule has 0 aromatic heterocycles. The van der Waals surface area contributed by atoms with Crippen molar-refractivity contribution >= 4 is 12.1 Å². The van der Waals surface area contributed by atoms with Crippen molar-refractivity contribution in [2.24, 2.45) is 22.6 Å². The van der Waals surface area contributed by atoms with Gasteiger partial charge in [-0.25, -0.2) is 4.79 Å². The van der Waals surface area contributed by atoms with Gasteiger partial charge in [-0.15, -0.1) is 0 Å². The second-order valence-corrected chi connectivity index (χ2v) is 7.81. The first kappa shape index (κ1) is 17.9. The van der Waals surface area contributed by atoms with Crippen LogP contribution in [0.4, 0.5) is 4.79 Å². The van der Waals surface area contributed by atoms with E-state index in [1.54, 1.807) is 4.90 Å². The van der Waals surface area contributed by atoms with E-state index in [2.05, 4.69) is 10.3 Å². The minimum atomic E-state index is -0.430. The number of nitrogens with zero attached hydrogens (tertiary/aromatic N) is 2. The fraction of sp³-hybridized carbons (Fsp3) is 0.882. The van der Waals surface area contributed by atoms with Crippen LogP contribution in [0.15, 0.2) is 4.99 Å². The van der Waals surface area contributed by atoms with Crippen molar-refractivity contribution in [2.75, 3.05) is 26.2 Å². The molecule has 132 valence electrons. The van der Waals surface area contributed by atoms with Crippen molar-refractivity contribution in [3.8, 4) is 0 Å². The van der Waals surface area contributed by atoms with Gasteiger partial charge in [0.05, 0.1) is 0 Å². The molecule has 6 heteroatoms. The molecule has 0 aromatic carbocycles. The van der Waals surface area contributed by atoms with Gasteiger partial charge in [0, 0.05) is 26.2 Å². The average molecular weight is 324 g/mol. The van der Waals surface area contributed by atoms with Crippen molar-refractivity contribution in [3.05, 3.63) is 0 Å². The lowest BCUT2D eigenvalue weighted by molar-refractivity contribution is 0.0185. The molecule has 1 saturated carbocycles. The number of carbonyl (C=O) groups is 1. The zero-order chi connectivity index (χ0) is 16.9. The molecule has 0 unspecified atom stereocenters. The first-order valence-electron chi connectivity index (χ1n) is 8.85. The number of nitrogens with two attached hydrogens (primary N) is 1. The van der Waals surface area contributed by atoms with Crippen LogP contribution in [0.25, 0.3) is 0 Å². The molecule has 2 aliphatic rings. The third kappa shape index (κ3) is 6.28. The minimum Gasteiger partial charge on any atom is -0.444 e. The monoisotopic (exact) mass is 324 g/mol. The molecule has 23 heavy (non-hydrogen) atoms. The van der Waals surface area contributed by atoms with Crippen molar-refractivity contribution in [1.82, 2.24) is 10.2 Å². The molecular weight excluding hydrogens is 292 g/mol. The number of piperidine rings is 1. The molecule has 0 spiro atoms. The molecule has 1 saturated heterocycles. The summed E-state index contributed by atoms with van der Waals surface area (Å²) in [4.78, 5) is 18.2. The Morgan fingerprint density at radius 1 is 1.22 bits per heavy atom. The number of ether oxygens (including phenoxy) is 1. The van der Waals surface area contributed by atoms with Crippen molar-refractivity contribution in [3.63, 3.8) is 0 Å². The van der Waals surface area contributed by atoms with E-state index < -0.39 is 5.60 Å². The van der Waals surface area contributed by atoms with Gasteiger partial charge in [-0.05, 0) is 58.3 Å². The third-order valence-corrected chi connectivity index (χ3v) is 4.58. The van der Waals surface area contributed by atoms with Gasteiger partial charge in [0.1, 0.15) is 5.60 Å². The van der Waals surface area contributed by atoms with Crippen LogP contribution in [0.5, 0.6) is 0 Å². The second-order valence-electron chi connectivity index (χ2n) is 7.81. The average Bonchev–Trinajstić information content (AvgIpc) is 2.42. The van der Waals surface area contributed by atoms with Gasteiger partial charge < -0.3 is 20.7 Å². The zero-order valence-corrected chi connectivity index (χ0v) is 14.8. The number of amides is 1. The van der Waals surface area contributed by atoms with Gasteiger partial charge in [-0.3, -0.25) is 4.99 Å². The summed E-state index contributed by atoms with van der Waals surface area (Å²) in [6.45, 7) is 8.88. The summed E-state index contributed by atoms with van der Waals surface area (Å²) in [5.41, 5.74) is 5.49. The summed E-state index contributed by atoms with van der Waals surface area (Å²) in [6, 6.07) is 0. The molecule has 1 aliphatic heterocycles. The summed E-state index contributed by atoms with van der Waals surface area (Å²) >= 11 is 0. The summed E-state index contributed by atoms with van der Waals surface area (Å²) in [5.74, 6) is 1.84. The molecule has 2 rings (SSSR count). The van der Waals surface area contributed by atoms with E-state index in [9.17, 15) is 4.79 Å². The number of aliphatic imine (C=N–C) groups is 1. The van der Waals surface area contributed by atoms with Gasteiger partial charge in [-0.1, -0.05) is 6.42 Å². The summed E-state index contributed by atoms with van der Waals surface area (Å²) < 4.78 is 5.41. The fourth-order valence-electron chi connectivity index (χ4n) is 2.85. The molecular formula is C17H32N4O2. The molecule has 0 radical (unpaired) electrons. The van der Waals surface area contributed by atoms with E-state index in [1.807, 2.05) is 20.8 Å². The number of hydrogen-bond acceptors (Lipinski definition) is 3. The number of carbonyl (C=O) groups excluding carboxylic acids is 1. The Morgan fingerprint density at radius 2 is 1.87 bits per heavy atom. The lowest BCUT2D eigenvalue weighted by Crippen LogP contribution is -2.44. The smallest absolute Gasteiger partial charge is 0.410 e. The van der Waals surface area contributed by atoms with Crippen LogP contribution in [0.3, 0.4) is 0 Å². The third-order valence-electron chi connectivity index (χ3n) is 4.58.